The standard InChI is InChI=1S/C12H20N2O3.ClH/c1-9-4-5-11(17-9)10(6-7-16-3)14-12(15)8-13-2;/h4-5,10,13H,6-8H2,1-3H3,(H,14,15);1H. The molecule has 0 aliphatic carbocycles. The van der Waals surface area contributed by atoms with Crippen LogP contribution in [0.25, 0.3) is 0 Å². The number of nitrogens with one attached hydrogen (secondary N) is 2. The van der Waals surface area contributed by atoms with Gasteiger partial charge in [0.05, 0.1) is 12.6 Å². The monoisotopic (exact) mass is 276 g/mol. The second-order valence-electron chi connectivity index (χ2n) is 3.88. The molecule has 0 aliphatic heterocycles. The molecule has 5 nitrogen and oxygen atoms in total. The Hall–Kier alpha value is -1.04. The third kappa shape index (κ3) is 5.53. The summed E-state index contributed by atoms with van der Waals surface area (Å²) in [4.78, 5) is 11.5. The molecule has 1 unspecified atom stereocenters. The number of rotatable bonds is 7. The van der Waals surface area contributed by atoms with E-state index in [9.17, 15) is 4.79 Å². The molecule has 18 heavy (non-hydrogen) atoms. The number of ether oxygens (including phenoxy) is 1. The lowest BCUT2D eigenvalue weighted by Crippen LogP contribution is -2.35. The van der Waals surface area contributed by atoms with E-state index in [1.165, 1.54) is 0 Å². The normalized spacial score (nSPS) is 11.7. The molecule has 1 aromatic heterocycles. The third-order valence-electron chi connectivity index (χ3n) is 2.39. The molecule has 0 saturated heterocycles. The molecule has 1 heterocycles. The Labute approximate surface area is 114 Å². The summed E-state index contributed by atoms with van der Waals surface area (Å²) in [6.07, 6.45) is 0.693. The van der Waals surface area contributed by atoms with E-state index in [0.29, 0.717) is 19.6 Å². The van der Waals surface area contributed by atoms with E-state index < -0.39 is 0 Å². The van der Waals surface area contributed by atoms with E-state index >= 15 is 0 Å². The highest BCUT2D eigenvalue weighted by atomic mass is 35.5. The second-order valence-corrected chi connectivity index (χ2v) is 3.88. The van der Waals surface area contributed by atoms with Crippen LogP contribution in [0, 0.1) is 6.92 Å². The van der Waals surface area contributed by atoms with Crippen LogP contribution in [-0.2, 0) is 9.53 Å². The van der Waals surface area contributed by atoms with Crippen molar-refractivity contribution in [3.8, 4) is 0 Å². The molecule has 6 heteroatoms. The van der Waals surface area contributed by atoms with Gasteiger partial charge in [-0.05, 0) is 32.5 Å². The lowest BCUT2D eigenvalue weighted by atomic mass is 10.1. The van der Waals surface area contributed by atoms with Crippen LogP contribution >= 0.6 is 12.4 Å². The van der Waals surface area contributed by atoms with Crippen LogP contribution in [0.3, 0.4) is 0 Å². The van der Waals surface area contributed by atoms with Crippen molar-refractivity contribution in [2.75, 3.05) is 27.3 Å². The first-order chi connectivity index (χ1) is 8.17. The molecule has 0 radical (unpaired) electrons. The molecule has 104 valence electrons. The highest BCUT2D eigenvalue weighted by Crippen LogP contribution is 2.19. The molecule has 0 saturated carbocycles. The summed E-state index contributed by atoms with van der Waals surface area (Å²) in [5, 5.41) is 5.72. The van der Waals surface area contributed by atoms with Crippen molar-refractivity contribution in [2.45, 2.75) is 19.4 Å². The fourth-order valence-electron chi connectivity index (χ4n) is 1.57. The number of amides is 1. The molecular weight excluding hydrogens is 256 g/mol. The van der Waals surface area contributed by atoms with Crippen molar-refractivity contribution in [1.29, 1.82) is 0 Å². The van der Waals surface area contributed by atoms with E-state index in [0.717, 1.165) is 11.5 Å². The zero-order chi connectivity index (χ0) is 12.7. The van der Waals surface area contributed by atoms with Gasteiger partial charge in [-0.1, -0.05) is 0 Å². The van der Waals surface area contributed by atoms with Gasteiger partial charge in [-0.2, -0.15) is 0 Å². The van der Waals surface area contributed by atoms with E-state index in [2.05, 4.69) is 10.6 Å². The zero-order valence-electron chi connectivity index (χ0n) is 11.0. The molecule has 0 aliphatic rings. The Morgan fingerprint density at radius 3 is 2.72 bits per heavy atom. The maximum atomic E-state index is 11.5. The number of halogens is 1. The fraction of sp³-hybridized carbons (Fsp3) is 0.583. The summed E-state index contributed by atoms with van der Waals surface area (Å²) in [5.41, 5.74) is 0. The first-order valence-corrected chi connectivity index (χ1v) is 5.66. The Bertz CT molecular complexity index is 355. The lowest BCUT2D eigenvalue weighted by Gasteiger charge is -2.16. The zero-order valence-corrected chi connectivity index (χ0v) is 11.8. The Morgan fingerprint density at radius 2 is 2.22 bits per heavy atom. The quantitative estimate of drug-likeness (QED) is 0.791. The summed E-state index contributed by atoms with van der Waals surface area (Å²) in [6.45, 7) is 2.75. The predicted molar refractivity (Wildman–Crippen MR) is 72.0 cm³/mol. The van der Waals surface area contributed by atoms with E-state index in [1.807, 2.05) is 19.1 Å². The van der Waals surface area contributed by atoms with Crippen molar-refractivity contribution in [1.82, 2.24) is 10.6 Å². The average molecular weight is 277 g/mol. The first kappa shape index (κ1) is 17.0. The minimum Gasteiger partial charge on any atom is -0.464 e. The van der Waals surface area contributed by atoms with Crippen LogP contribution in [0.1, 0.15) is 24.0 Å². The topological polar surface area (TPSA) is 63.5 Å². The van der Waals surface area contributed by atoms with Crippen LogP contribution in [0.5, 0.6) is 0 Å². The molecule has 0 aromatic carbocycles. The number of carbonyl (C=O) groups excluding carboxylic acids is 1. The number of likely N-dealkylation sites (N-methyl/N-ethyl adjacent to an activating group) is 1. The van der Waals surface area contributed by atoms with Crippen LogP contribution in [-0.4, -0.2) is 33.2 Å². The molecule has 0 bridgehead atoms. The molecule has 1 rings (SSSR count). The van der Waals surface area contributed by atoms with Gasteiger partial charge in [-0.25, -0.2) is 0 Å². The Morgan fingerprint density at radius 1 is 1.50 bits per heavy atom. The Kier molecular flexibility index (Phi) is 8.45. The summed E-state index contributed by atoms with van der Waals surface area (Å²) < 4.78 is 10.6. The number of carbonyl (C=O) groups is 1. The number of aryl methyl sites for hydroxylation is 1. The van der Waals surface area contributed by atoms with Gasteiger partial charge in [0.15, 0.2) is 0 Å². The Balaban J connectivity index is 0.00000289. The lowest BCUT2D eigenvalue weighted by molar-refractivity contribution is -0.121. The van der Waals surface area contributed by atoms with Crippen LogP contribution < -0.4 is 10.6 Å². The van der Waals surface area contributed by atoms with E-state index in [-0.39, 0.29) is 24.4 Å². The highest BCUT2D eigenvalue weighted by Gasteiger charge is 2.17. The van der Waals surface area contributed by atoms with Crippen LogP contribution in [0.15, 0.2) is 16.5 Å². The SMILES string of the molecule is CNCC(=O)NC(CCOC)c1ccc(C)o1.Cl. The van der Waals surface area contributed by atoms with Crippen molar-refractivity contribution in [3.63, 3.8) is 0 Å². The maximum Gasteiger partial charge on any atom is 0.234 e. The van der Waals surface area contributed by atoms with Gasteiger partial charge in [-0.3, -0.25) is 4.79 Å². The minimum atomic E-state index is -0.135. The van der Waals surface area contributed by atoms with Gasteiger partial charge in [0.2, 0.25) is 5.91 Å². The predicted octanol–water partition coefficient (Wildman–Crippen LogP) is 1.42. The number of hydrogen-bond donors (Lipinski definition) is 2. The van der Waals surface area contributed by atoms with Crippen molar-refractivity contribution >= 4 is 18.3 Å². The number of furan rings is 1. The average Bonchev–Trinajstić information content (AvgIpc) is 2.71. The first-order valence-electron chi connectivity index (χ1n) is 5.66. The minimum absolute atomic E-state index is 0. The van der Waals surface area contributed by atoms with Crippen molar-refractivity contribution in [3.05, 3.63) is 23.7 Å². The molecule has 2 N–H and O–H groups in total. The van der Waals surface area contributed by atoms with Gasteiger partial charge >= 0.3 is 0 Å². The summed E-state index contributed by atoms with van der Waals surface area (Å²) in [7, 11) is 3.38. The smallest absolute Gasteiger partial charge is 0.234 e. The van der Waals surface area contributed by atoms with Crippen LogP contribution in [0.4, 0.5) is 0 Å². The van der Waals surface area contributed by atoms with E-state index in [4.69, 9.17) is 9.15 Å². The maximum absolute atomic E-state index is 11.5. The van der Waals surface area contributed by atoms with Crippen molar-refractivity contribution in [2.24, 2.45) is 0 Å². The molecule has 1 atom stereocenters. The van der Waals surface area contributed by atoms with Gasteiger partial charge in [-0.15, -0.1) is 12.4 Å². The number of hydrogen-bond acceptors (Lipinski definition) is 4. The fourth-order valence-corrected chi connectivity index (χ4v) is 1.57. The number of methoxy groups -OCH3 is 1. The molecular formula is C12H21ClN2O3. The molecule has 1 aromatic rings. The largest absolute Gasteiger partial charge is 0.464 e. The van der Waals surface area contributed by atoms with Gasteiger partial charge < -0.3 is 19.8 Å². The summed E-state index contributed by atoms with van der Waals surface area (Å²) in [6, 6.07) is 3.64. The third-order valence-corrected chi connectivity index (χ3v) is 2.39. The second kappa shape index (κ2) is 8.97. The molecule has 0 spiro atoms. The van der Waals surface area contributed by atoms with E-state index in [1.54, 1.807) is 14.2 Å². The molecule has 0 fully saturated rings. The molecule has 1 amide bonds. The van der Waals surface area contributed by atoms with Crippen LogP contribution in [0.2, 0.25) is 0 Å². The highest BCUT2D eigenvalue weighted by molar-refractivity contribution is 5.85. The van der Waals surface area contributed by atoms with Gasteiger partial charge in [0.25, 0.3) is 0 Å². The van der Waals surface area contributed by atoms with Gasteiger partial charge in [0.1, 0.15) is 11.5 Å². The van der Waals surface area contributed by atoms with Gasteiger partial charge in [0, 0.05) is 13.7 Å². The van der Waals surface area contributed by atoms with Crippen molar-refractivity contribution < 1.29 is 13.9 Å². The summed E-state index contributed by atoms with van der Waals surface area (Å²) in [5.74, 6) is 1.55. The summed E-state index contributed by atoms with van der Waals surface area (Å²) >= 11 is 0.